The minimum Gasteiger partial charge on any atom is -0.497 e. The summed E-state index contributed by atoms with van der Waals surface area (Å²) in [5.41, 5.74) is 3.64. The topological polar surface area (TPSA) is 54.1 Å². The van der Waals surface area contributed by atoms with Gasteiger partial charge in [0.05, 0.1) is 13.2 Å². The SMILES string of the molecule is COc1ccc2c(CCCC(=O)C3CC(c4cccs4)=CCN3)c[nH]c2c1. The summed E-state index contributed by atoms with van der Waals surface area (Å²) in [6, 6.07) is 10.2. The van der Waals surface area contributed by atoms with Crippen LogP contribution in [0.25, 0.3) is 16.5 Å². The number of nitrogens with one attached hydrogen (secondary N) is 2. The van der Waals surface area contributed by atoms with Gasteiger partial charge in [-0.15, -0.1) is 11.3 Å². The van der Waals surface area contributed by atoms with Crippen LogP contribution in [0, 0.1) is 0 Å². The third kappa shape index (κ3) is 3.99. The molecule has 2 aromatic heterocycles. The monoisotopic (exact) mass is 380 g/mol. The molecule has 0 amide bonds. The van der Waals surface area contributed by atoms with Gasteiger partial charge in [-0.05, 0) is 54.0 Å². The van der Waals surface area contributed by atoms with Gasteiger partial charge in [0, 0.05) is 41.0 Å². The Labute approximate surface area is 163 Å². The molecule has 1 aromatic carbocycles. The zero-order valence-electron chi connectivity index (χ0n) is 15.5. The number of benzene rings is 1. The van der Waals surface area contributed by atoms with E-state index >= 15 is 0 Å². The number of hydrogen-bond acceptors (Lipinski definition) is 4. The third-order valence-electron chi connectivity index (χ3n) is 5.21. The van der Waals surface area contributed by atoms with Gasteiger partial charge in [-0.25, -0.2) is 0 Å². The van der Waals surface area contributed by atoms with Gasteiger partial charge < -0.3 is 15.0 Å². The Bertz CT molecular complexity index is 956. The van der Waals surface area contributed by atoms with E-state index in [1.54, 1.807) is 18.4 Å². The quantitative estimate of drug-likeness (QED) is 0.631. The van der Waals surface area contributed by atoms with Crippen molar-refractivity contribution >= 4 is 33.6 Å². The molecule has 0 saturated carbocycles. The molecule has 2 N–H and O–H groups in total. The average molecular weight is 381 g/mol. The van der Waals surface area contributed by atoms with Crippen LogP contribution < -0.4 is 10.1 Å². The van der Waals surface area contributed by atoms with Gasteiger partial charge >= 0.3 is 0 Å². The number of Topliss-reactive ketones (excluding diaryl/α,β-unsaturated/α-hetero) is 1. The number of aromatic nitrogens is 1. The second-order valence-corrected chi connectivity index (χ2v) is 7.86. The van der Waals surface area contributed by atoms with Gasteiger partial charge in [0.1, 0.15) is 11.5 Å². The lowest BCUT2D eigenvalue weighted by Crippen LogP contribution is -2.39. The molecule has 0 saturated heterocycles. The second kappa shape index (κ2) is 8.11. The van der Waals surface area contributed by atoms with E-state index in [-0.39, 0.29) is 6.04 Å². The van der Waals surface area contributed by atoms with Gasteiger partial charge in [0.15, 0.2) is 0 Å². The molecule has 0 aliphatic carbocycles. The van der Waals surface area contributed by atoms with Crippen LogP contribution in [-0.4, -0.2) is 30.5 Å². The summed E-state index contributed by atoms with van der Waals surface area (Å²) in [6.45, 7) is 0.772. The van der Waals surface area contributed by atoms with Crippen LogP contribution in [0.4, 0.5) is 0 Å². The molecule has 0 bridgehead atoms. The predicted molar refractivity (Wildman–Crippen MR) is 111 cm³/mol. The van der Waals surface area contributed by atoms with Crippen molar-refractivity contribution in [2.75, 3.05) is 13.7 Å². The van der Waals surface area contributed by atoms with Crippen molar-refractivity contribution < 1.29 is 9.53 Å². The van der Waals surface area contributed by atoms with Crippen LogP contribution in [0.15, 0.2) is 48.0 Å². The van der Waals surface area contributed by atoms with Crippen LogP contribution in [0.3, 0.4) is 0 Å². The molecule has 4 nitrogen and oxygen atoms in total. The third-order valence-corrected chi connectivity index (χ3v) is 6.15. The fourth-order valence-corrected chi connectivity index (χ4v) is 4.50. The smallest absolute Gasteiger partial charge is 0.150 e. The number of ether oxygens (including phenoxy) is 1. The Balaban J connectivity index is 1.33. The van der Waals surface area contributed by atoms with E-state index in [1.807, 2.05) is 18.3 Å². The first-order chi connectivity index (χ1) is 13.2. The lowest BCUT2D eigenvalue weighted by molar-refractivity contribution is -0.121. The van der Waals surface area contributed by atoms with Crippen molar-refractivity contribution in [2.24, 2.45) is 0 Å². The Kier molecular flexibility index (Phi) is 5.41. The van der Waals surface area contributed by atoms with E-state index < -0.39 is 0 Å². The van der Waals surface area contributed by atoms with Crippen LogP contribution in [0.2, 0.25) is 0 Å². The standard InChI is InChI=1S/C22H24N2O2S/c1-26-17-7-8-18-16(14-24-19(18)13-17)4-2-5-21(25)20-12-15(9-10-23-20)22-6-3-11-27-22/h3,6-9,11,13-14,20,23-24H,2,4-5,10,12H2,1H3. The second-order valence-electron chi connectivity index (χ2n) is 6.92. The van der Waals surface area contributed by atoms with Gasteiger partial charge in [-0.2, -0.15) is 0 Å². The zero-order chi connectivity index (χ0) is 18.6. The Hall–Kier alpha value is -2.37. The molecule has 140 valence electrons. The van der Waals surface area contributed by atoms with E-state index in [0.29, 0.717) is 12.2 Å². The van der Waals surface area contributed by atoms with Gasteiger partial charge in [-0.3, -0.25) is 4.79 Å². The molecule has 1 aliphatic heterocycles. The van der Waals surface area contributed by atoms with E-state index in [1.165, 1.54) is 21.4 Å². The highest BCUT2D eigenvalue weighted by Gasteiger charge is 2.22. The minimum atomic E-state index is -0.0562. The molecule has 27 heavy (non-hydrogen) atoms. The number of aromatic amines is 1. The molecule has 1 atom stereocenters. The van der Waals surface area contributed by atoms with E-state index in [9.17, 15) is 4.79 Å². The largest absolute Gasteiger partial charge is 0.497 e. The van der Waals surface area contributed by atoms with E-state index in [2.05, 4.69) is 40.0 Å². The van der Waals surface area contributed by atoms with Crippen molar-refractivity contribution in [3.8, 4) is 5.75 Å². The summed E-state index contributed by atoms with van der Waals surface area (Å²) in [6.07, 6.45) is 7.43. The number of carbonyl (C=O) groups excluding carboxylic acids is 1. The van der Waals surface area contributed by atoms with Crippen molar-refractivity contribution in [3.05, 3.63) is 58.4 Å². The molecule has 0 radical (unpaired) electrons. The van der Waals surface area contributed by atoms with Crippen LogP contribution in [-0.2, 0) is 11.2 Å². The van der Waals surface area contributed by atoms with Crippen molar-refractivity contribution in [1.29, 1.82) is 0 Å². The molecular formula is C22H24N2O2S. The molecule has 5 heteroatoms. The number of hydrogen-bond donors (Lipinski definition) is 2. The molecule has 1 unspecified atom stereocenters. The number of aryl methyl sites for hydroxylation is 1. The number of thiophene rings is 1. The molecule has 0 spiro atoms. The maximum absolute atomic E-state index is 12.7. The number of fused-ring (bicyclic) bond motifs is 1. The first-order valence-corrected chi connectivity index (χ1v) is 10.3. The average Bonchev–Trinajstić information content (AvgIpc) is 3.38. The predicted octanol–water partition coefficient (Wildman–Crippen LogP) is 4.58. The summed E-state index contributed by atoms with van der Waals surface area (Å²) in [7, 11) is 1.68. The zero-order valence-corrected chi connectivity index (χ0v) is 16.3. The molecule has 0 fully saturated rings. The van der Waals surface area contributed by atoms with Gasteiger partial charge in [0.25, 0.3) is 0 Å². The number of rotatable bonds is 7. The van der Waals surface area contributed by atoms with Crippen LogP contribution >= 0.6 is 11.3 Å². The number of ketones is 1. The van der Waals surface area contributed by atoms with Gasteiger partial charge in [-0.1, -0.05) is 12.1 Å². The fraction of sp³-hybridized carbons (Fsp3) is 0.318. The Morgan fingerprint density at radius 2 is 2.26 bits per heavy atom. The lowest BCUT2D eigenvalue weighted by Gasteiger charge is -2.22. The first-order valence-electron chi connectivity index (χ1n) is 9.37. The number of H-pyrrole nitrogens is 1. The number of carbonyl (C=O) groups is 1. The highest BCUT2D eigenvalue weighted by Crippen LogP contribution is 2.28. The first kappa shape index (κ1) is 18.0. The van der Waals surface area contributed by atoms with Crippen molar-refractivity contribution in [1.82, 2.24) is 10.3 Å². The maximum Gasteiger partial charge on any atom is 0.150 e. The van der Waals surface area contributed by atoms with Crippen molar-refractivity contribution in [3.63, 3.8) is 0 Å². The minimum absolute atomic E-state index is 0.0562. The lowest BCUT2D eigenvalue weighted by atomic mass is 9.94. The highest BCUT2D eigenvalue weighted by atomic mass is 32.1. The normalized spacial score (nSPS) is 17.1. The van der Waals surface area contributed by atoms with Crippen LogP contribution in [0.1, 0.15) is 29.7 Å². The summed E-state index contributed by atoms with van der Waals surface area (Å²) in [4.78, 5) is 17.3. The number of methoxy groups -OCH3 is 1. The Morgan fingerprint density at radius 1 is 1.33 bits per heavy atom. The van der Waals surface area contributed by atoms with Gasteiger partial charge in [0.2, 0.25) is 0 Å². The van der Waals surface area contributed by atoms with E-state index in [4.69, 9.17) is 4.74 Å². The summed E-state index contributed by atoms with van der Waals surface area (Å²) < 4.78 is 5.27. The Morgan fingerprint density at radius 3 is 3.07 bits per heavy atom. The maximum atomic E-state index is 12.7. The molecule has 1 aliphatic rings. The molecule has 3 heterocycles. The van der Waals surface area contributed by atoms with Crippen LogP contribution in [0.5, 0.6) is 5.75 Å². The molecule has 4 rings (SSSR count). The molecule has 3 aromatic rings. The summed E-state index contributed by atoms with van der Waals surface area (Å²) >= 11 is 1.74. The highest BCUT2D eigenvalue weighted by molar-refractivity contribution is 7.11. The van der Waals surface area contributed by atoms with E-state index in [0.717, 1.165) is 37.1 Å². The molecular weight excluding hydrogens is 356 g/mol. The summed E-state index contributed by atoms with van der Waals surface area (Å²) in [5.74, 6) is 1.17. The van der Waals surface area contributed by atoms with Crippen molar-refractivity contribution in [2.45, 2.75) is 31.7 Å². The summed E-state index contributed by atoms with van der Waals surface area (Å²) in [5, 5.41) is 6.65. The fourth-order valence-electron chi connectivity index (χ4n) is 3.72.